The highest BCUT2D eigenvalue weighted by molar-refractivity contribution is 5.28. The van der Waals surface area contributed by atoms with E-state index in [1.807, 2.05) is 13.0 Å². The highest BCUT2D eigenvalue weighted by Gasteiger charge is 2.30. The van der Waals surface area contributed by atoms with Crippen molar-refractivity contribution in [3.05, 3.63) is 65.0 Å². The predicted octanol–water partition coefficient (Wildman–Crippen LogP) is 3.16. The summed E-state index contributed by atoms with van der Waals surface area (Å²) in [6, 6.07) is 6.88. The second-order valence-corrected chi connectivity index (χ2v) is 4.92. The fourth-order valence-electron chi connectivity index (χ4n) is 2.15. The molecule has 1 aromatic carbocycles. The number of alkyl halides is 3. The number of benzene rings is 1. The lowest BCUT2D eigenvalue weighted by molar-refractivity contribution is -0.137. The second kappa shape index (κ2) is 6.24. The molecule has 0 spiro atoms. The molecule has 3 N–H and O–H groups in total. The summed E-state index contributed by atoms with van der Waals surface area (Å²) in [6.45, 7) is 1.90. The van der Waals surface area contributed by atoms with Gasteiger partial charge in [0.1, 0.15) is 0 Å². The SMILES string of the molecule is Cc1cncc(C(Cc2cccc(C(F)(F)F)c2)NN)c1. The number of pyridine rings is 1. The molecule has 1 heterocycles. The van der Waals surface area contributed by atoms with Crippen molar-refractivity contribution in [3.8, 4) is 0 Å². The molecule has 0 fully saturated rings. The molecule has 2 rings (SSSR count). The fraction of sp³-hybridized carbons (Fsp3) is 0.267. The fourth-order valence-corrected chi connectivity index (χ4v) is 2.15. The maximum absolute atomic E-state index is 12.7. The normalized spacial score (nSPS) is 13.2. The highest BCUT2D eigenvalue weighted by atomic mass is 19.4. The van der Waals surface area contributed by atoms with Gasteiger partial charge in [-0.1, -0.05) is 24.3 Å². The van der Waals surface area contributed by atoms with Crippen LogP contribution in [0.15, 0.2) is 42.7 Å². The van der Waals surface area contributed by atoms with Crippen LogP contribution in [0.5, 0.6) is 0 Å². The first-order valence-electron chi connectivity index (χ1n) is 6.44. The quantitative estimate of drug-likeness (QED) is 0.673. The van der Waals surface area contributed by atoms with Gasteiger partial charge in [-0.15, -0.1) is 0 Å². The Kier molecular flexibility index (Phi) is 4.59. The zero-order valence-electron chi connectivity index (χ0n) is 11.5. The van der Waals surface area contributed by atoms with Gasteiger partial charge in [-0.05, 0) is 36.1 Å². The molecule has 0 amide bonds. The Morgan fingerprint density at radius 2 is 2.00 bits per heavy atom. The van der Waals surface area contributed by atoms with Crippen molar-refractivity contribution in [1.29, 1.82) is 0 Å². The van der Waals surface area contributed by atoms with Crippen molar-refractivity contribution in [2.75, 3.05) is 0 Å². The molecule has 0 aliphatic heterocycles. The van der Waals surface area contributed by atoms with Crippen molar-refractivity contribution in [2.45, 2.75) is 25.6 Å². The van der Waals surface area contributed by atoms with Crippen molar-refractivity contribution >= 4 is 0 Å². The third kappa shape index (κ3) is 4.03. The smallest absolute Gasteiger partial charge is 0.271 e. The lowest BCUT2D eigenvalue weighted by atomic mass is 9.98. The van der Waals surface area contributed by atoms with E-state index < -0.39 is 11.7 Å². The maximum Gasteiger partial charge on any atom is 0.416 e. The third-order valence-electron chi connectivity index (χ3n) is 3.19. The summed E-state index contributed by atoms with van der Waals surface area (Å²) in [5, 5.41) is 0. The Bertz CT molecular complexity index is 611. The zero-order valence-corrected chi connectivity index (χ0v) is 11.5. The number of nitrogens with zero attached hydrogens (tertiary/aromatic N) is 1. The van der Waals surface area contributed by atoms with Crippen LogP contribution in [0.1, 0.15) is 28.3 Å². The van der Waals surface area contributed by atoms with Gasteiger partial charge in [-0.3, -0.25) is 16.3 Å². The van der Waals surface area contributed by atoms with Gasteiger partial charge in [0, 0.05) is 12.4 Å². The molecule has 112 valence electrons. The molecule has 3 nitrogen and oxygen atoms in total. The first kappa shape index (κ1) is 15.5. The topological polar surface area (TPSA) is 50.9 Å². The Morgan fingerprint density at radius 1 is 1.24 bits per heavy atom. The lowest BCUT2D eigenvalue weighted by Gasteiger charge is -2.17. The van der Waals surface area contributed by atoms with Gasteiger partial charge in [0.25, 0.3) is 0 Å². The Balaban J connectivity index is 2.23. The number of nitrogens with one attached hydrogen (secondary N) is 1. The molecule has 21 heavy (non-hydrogen) atoms. The minimum Gasteiger partial charge on any atom is -0.271 e. The Labute approximate surface area is 121 Å². The van der Waals surface area contributed by atoms with Crippen molar-refractivity contribution in [1.82, 2.24) is 10.4 Å². The van der Waals surface area contributed by atoms with Crippen molar-refractivity contribution in [2.24, 2.45) is 5.84 Å². The summed E-state index contributed by atoms with van der Waals surface area (Å²) >= 11 is 0. The largest absolute Gasteiger partial charge is 0.416 e. The maximum atomic E-state index is 12.7. The molecule has 0 saturated carbocycles. The van der Waals surface area contributed by atoms with Crippen molar-refractivity contribution < 1.29 is 13.2 Å². The Morgan fingerprint density at radius 3 is 2.62 bits per heavy atom. The molecule has 1 unspecified atom stereocenters. The van der Waals surface area contributed by atoms with E-state index in [4.69, 9.17) is 5.84 Å². The number of nitrogens with two attached hydrogens (primary N) is 1. The van der Waals surface area contributed by atoms with E-state index >= 15 is 0 Å². The van der Waals surface area contributed by atoms with Gasteiger partial charge in [-0.25, -0.2) is 0 Å². The summed E-state index contributed by atoms with van der Waals surface area (Å²) in [4.78, 5) is 4.08. The van der Waals surface area contributed by atoms with Crippen LogP contribution < -0.4 is 11.3 Å². The number of aryl methyl sites for hydroxylation is 1. The molecule has 0 radical (unpaired) electrons. The van der Waals surface area contributed by atoms with E-state index in [1.54, 1.807) is 18.5 Å². The van der Waals surface area contributed by atoms with E-state index in [-0.39, 0.29) is 6.04 Å². The molecule has 1 aromatic heterocycles. The third-order valence-corrected chi connectivity index (χ3v) is 3.19. The average molecular weight is 295 g/mol. The molecule has 2 aromatic rings. The van der Waals surface area contributed by atoms with Gasteiger partial charge in [0.05, 0.1) is 11.6 Å². The molecule has 0 saturated heterocycles. The number of halogens is 3. The van der Waals surface area contributed by atoms with Crippen LogP contribution in [0.2, 0.25) is 0 Å². The minimum absolute atomic E-state index is 0.291. The summed E-state index contributed by atoms with van der Waals surface area (Å²) in [7, 11) is 0. The van der Waals surface area contributed by atoms with E-state index in [1.165, 1.54) is 6.07 Å². The molecule has 6 heteroatoms. The summed E-state index contributed by atoms with van der Waals surface area (Å²) in [6.07, 6.45) is -0.620. The summed E-state index contributed by atoms with van der Waals surface area (Å²) < 4.78 is 38.1. The molecule has 0 bridgehead atoms. The lowest BCUT2D eigenvalue weighted by Crippen LogP contribution is -2.29. The van der Waals surface area contributed by atoms with Gasteiger partial charge in [-0.2, -0.15) is 13.2 Å². The number of aromatic nitrogens is 1. The van der Waals surface area contributed by atoms with Crippen LogP contribution in [-0.4, -0.2) is 4.98 Å². The number of hydrogen-bond acceptors (Lipinski definition) is 3. The predicted molar refractivity (Wildman–Crippen MR) is 74.2 cm³/mol. The first-order valence-corrected chi connectivity index (χ1v) is 6.44. The highest BCUT2D eigenvalue weighted by Crippen LogP contribution is 2.30. The van der Waals surface area contributed by atoms with E-state index in [2.05, 4.69) is 10.4 Å². The Hall–Kier alpha value is -1.92. The van der Waals surface area contributed by atoms with E-state index in [9.17, 15) is 13.2 Å². The standard InChI is InChI=1S/C15H16F3N3/c1-10-5-12(9-20-8-10)14(21-19)7-11-3-2-4-13(6-11)15(16,17)18/h2-6,8-9,14,21H,7,19H2,1H3. The van der Waals surface area contributed by atoms with Crippen LogP contribution in [0.4, 0.5) is 13.2 Å². The molecule has 0 aliphatic rings. The molecule has 0 aliphatic carbocycles. The van der Waals surface area contributed by atoms with Crippen molar-refractivity contribution in [3.63, 3.8) is 0 Å². The van der Waals surface area contributed by atoms with E-state index in [0.29, 0.717) is 12.0 Å². The summed E-state index contributed by atoms with van der Waals surface area (Å²) in [5.74, 6) is 5.53. The minimum atomic E-state index is -4.34. The van der Waals surface area contributed by atoms with E-state index in [0.717, 1.165) is 23.3 Å². The van der Waals surface area contributed by atoms with Gasteiger partial charge < -0.3 is 0 Å². The monoisotopic (exact) mass is 295 g/mol. The van der Waals surface area contributed by atoms with Crippen LogP contribution >= 0.6 is 0 Å². The zero-order chi connectivity index (χ0) is 15.5. The average Bonchev–Trinajstić information content (AvgIpc) is 2.44. The van der Waals surface area contributed by atoms with Crippen LogP contribution in [0.3, 0.4) is 0 Å². The second-order valence-electron chi connectivity index (χ2n) is 4.92. The van der Waals surface area contributed by atoms with Crippen LogP contribution in [0.25, 0.3) is 0 Å². The van der Waals surface area contributed by atoms with Crippen LogP contribution in [0, 0.1) is 6.92 Å². The number of hydrazine groups is 1. The number of hydrogen-bond donors (Lipinski definition) is 2. The van der Waals surface area contributed by atoms with Gasteiger partial charge in [0.2, 0.25) is 0 Å². The molecular weight excluding hydrogens is 279 g/mol. The van der Waals surface area contributed by atoms with Crippen LogP contribution in [-0.2, 0) is 12.6 Å². The van der Waals surface area contributed by atoms with Gasteiger partial charge in [0.15, 0.2) is 0 Å². The molecule has 1 atom stereocenters. The summed E-state index contributed by atoms with van der Waals surface area (Å²) in [5.41, 5.74) is 4.35. The van der Waals surface area contributed by atoms with Gasteiger partial charge >= 0.3 is 6.18 Å². The first-order chi connectivity index (χ1) is 9.90. The number of rotatable bonds is 4. The molecular formula is C15H16F3N3.